The predicted octanol–water partition coefficient (Wildman–Crippen LogP) is 4.40. The van der Waals surface area contributed by atoms with Crippen molar-refractivity contribution in [1.82, 2.24) is 10.2 Å². The molecule has 0 radical (unpaired) electrons. The van der Waals surface area contributed by atoms with E-state index in [1.165, 1.54) is 9.21 Å². The van der Waals surface area contributed by atoms with Gasteiger partial charge < -0.3 is 10.2 Å². The molecule has 10 heteroatoms. The van der Waals surface area contributed by atoms with Crippen LogP contribution in [0.4, 0.5) is 5.69 Å². The maximum absolute atomic E-state index is 13.2. The molecule has 2 aromatic carbocycles. The lowest BCUT2D eigenvalue weighted by molar-refractivity contribution is -0.140. The van der Waals surface area contributed by atoms with Crippen molar-refractivity contribution in [2.75, 3.05) is 23.7 Å². The molecule has 2 amide bonds. The lowest BCUT2D eigenvalue weighted by Gasteiger charge is -2.29. The smallest absolute Gasteiger partial charge is 0.242 e. The summed E-state index contributed by atoms with van der Waals surface area (Å²) in [5, 5.41) is 3.61. The number of aryl methyl sites for hydroxylation is 1. The number of carbonyl (C=O) groups is 2. The molecule has 0 bridgehead atoms. The van der Waals surface area contributed by atoms with Gasteiger partial charge in [0.1, 0.15) is 6.04 Å². The highest BCUT2D eigenvalue weighted by atomic mass is 35.5. The van der Waals surface area contributed by atoms with Crippen molar-refractivity contribution in [3.63, 3.8) is 0 Å². The van der Waals surface area contributed by atoms with Crippen LogP contribution < -0.4 is 9.62 Å². The quantitative estimate of drug-likeness (QED) is 0.469. The summed E-state index contributed by atoms with van der Waals surface area (Å²) in [7, 11) is -3.53. The molecule has 1 atom stereocenters. The number of hydrogen-bond donors (Lipinski definition) is 1. The van der Waals surface area contributed by atoms with Gasteiger partial charge in [-0.3, -0.25) is 13.9 Å². The Kier molecular flexibility index (Phi) is 10.2. The van der Waals surface area contributed by atoms with Crippen molar-refractivity contribution in [3.8, 4) is 0 Å². The van der Waals surface area contributed by atoms with Crippen molar-refractivity contribution < 1.29 is 18.0 Å². The van der Waals surface area contributed by atoms with Gasteiger partial charge in [0.05, 0.1) is 11.9 Å². The van der Waals surface area contributed by atoms with Crippen LogP contribution in [0, 0.1) is 6.92 Å². The first kappa shape index (κ1) is 28.0. The van der Waals surface area contributed by atoms with Gasteiger partial charge in [0.25, 0.3) is 0 Å². The van der Waals surface area contributed by atoms with Crippen molar-refractivity contribution in [1.29, 1.82) is 0 Å². The van der Waals surface area contributed by atoms with Crippen molar-refractivity contribution in [3.05, 3.63) is 63.6 Å². The molecule has 0 aliphatic rings. The van der Waals surface area contributed by atoms with Crippen LogP contribution in [0.3, 0.4) is 0 Å². The number of amides is 2. The normalized spacial score (nSPS) is 12.2. The fourth-order valence-corrected chi connectivity index (χ4v) is 4.89. The highest BCUT2D eigenvalue weighted by molar-refractivity contribution is 7.92. The van der Waals surface area contributed by atoms with Crippen LogP contribution in [-0.2, 0) is 26.2 Å². The lowest BCUT2D eigenvalue weighted by Crippen LogP contribution is -2.47. The number of hydrogen-bond acceptors (Lipinski definition) is 4. The highest BCUT2D eigenvalue weighted by Crippen LogP contribution is 2.24. The molecule has 186 valence electrons. The van der Waals surface area contributed by atoms with E-state index in [9.17, 15) is 18.0 Å². The Morgan fingerprint density at radius 3 is 2.29 bits per heavy atom. The molecule has 0 unspecified atom stereocenters. The van der Waals surface area contributed by atoms with E-state index in [1.54, 1.807) is 44.2 Å². The van der Waals surface area contributed by atoms with Gasteiger partial charge in [-0.2, -0.15) is 0 Å². The Bertz CT molecular complexity index is 1110. The second-order valence-electron chi connectivity index (χ2n) is 8.10. The van der Waals surface area contributed by atoms with E-state index in [0.717, 1.165) is 11.8 Å². The number of halogens is 2. The van der Waals surface area contributed by atoms with Gasteiger partial charge >= 0.3 is 0 Å². The minimum Gasteiger partial charge on any atom is -0.355 e. The SMILES string of the molecule is CCNC(=O)[C@H](C)N(Cc1ccc(Cl)cc1Cl)C(=O)CCCN(c1ccc(C)cc1)S(C)(=O)=O. The molecule has 0 saturated heterocycles. The van der Waals surface area contributed by atoms with Crippen LogP contribution in [0.25, 0.3) is 0 Å². The number of nitrogens with one attached hydrogen (secondary N) is 1. The molecular weight excluding hydrogens is 497 g/mol. The van der Waals surface area contributed by atoms with Gasteiger partial charge in [0, 0.05) is 36.1 Å². The molecule has 1 N–H and O–H groups in total. The van der Waals surface area contributed by atoms with E-state index in [4.69, 9.17) is 23.2 Å². The van der Waals surface area contributed by atoms with Crippen LogP contribution in [0.15, 0.2) is 42.5 Å². The summed E-state index contributed by atoms with van der Waals surface area (Å²) in [6, 6.07) is 11.4. The summed E-state index contributed by atoms with van der Waals surface area (Å²) in [6.45, 7) is 6.08. The first-order valence-electron chi connectivity index (χ1n) is 11.0. The zero-order valence-corrected chi connectivity index (χ0v) is 22.2. The molecule has 0 heterocycles. The summed E-state index contributed by atoms with van der Waals surface area (Å²) in [5.74, 6) is -0.555. The fourth-order valence-electron chi connectivity index (χ4n) is 3.45. The van der Waals surface area contributed by atoms with Crippen molar-refractivity contribution in [2.24, 2.45) is 0 Å². The number of carbonyl (C=O) groups excluding carboxylic acids is 2. The van der Waals surface area contributed by atoms with Crippen molar-refractivity contribution in [2.45, 2.75) is 46.2 Å². The number of rotatable bonds is 11. The number of benzene rings is 2. The molecule has 0 saturated carbocycles. The molecule has 2 aromatic rings. The van der Waals surface area contributed by atoms with E-state index in [-0.39, 0.29) is 37.7 Å². The summed E-state index contributed by atoms with van der Waals surface area (Å²) >= 11 is 12.3. The van der Waals surface area contributed by atoms with Crippen LogP contribution in [-0.4, -0.2) is 50.5 Å². The molecule has 0 aliphatic heterocycles. The third kappa shape index (κ3) is 7.89. The lowest BCUT2D eigenvalue weighted by atomic mass is 10.1. The predicted molar refractivity (Wildman–Crippen MR) is 138 cm³/mol. The minimum absolute atomic E-state index is 0.0623. The van der Waals surface area contributed by atoms with E-state index in [0.29, 0.717) is 27.8 Å². The van der Waals surface area contributed by atoms with Crippen LogP contribution in [0.1, 0.15) is 37.8 Å². The molecule has 0 spiro atoms. The maximum Gasteiger partial charge on any atom is 0.242 e. The molecule has 2 rings (SSSR count). The molecule has 0 aliphatic carbocycles. The zero-order valence-electron chi connectivity index (χ0n) is 19.8. The minimum atomic E-state index is -3.53. The number of likely N-dealkylation sites (N-methyl/N-ethyl adjacent to an activating group) is 1. The zero-order chi connectivity index (χ0) is 25.5. The summed E-state index contributed by atoms with van der Waals surface area (Å²) in [4.78, 5) is 27.1. The maximum atomic E-state index is 13.2. The largest absolute Gasteiger partial charge is 0.355 e. The Hall–Kier alpha value is -2.29. The number of anilines is 1. The Morgan fingerprint density at radius 1 is 1.09 bits per heavy atom. The Labute approximate surface area is 212 Å². The second kappa shape index (κ2) is 12.4. The van der Waals surface area contributed by atoms with Crippen LogP contribution >= 0.6 is 23.2 Å². The van der Waals surface area contributed by atoms with Gasteiger partial charge in [0.2, 0.25) is 21.8 Å². The summed E-state index contributed by atoms with van der Waals surface area (Å²) < 4.78 is 26.0. The standard InChI is InChI=1S/C24H31Cl2N3O4S/c1-5-27-24(31)18(3)28(16-19-10-11-20(25)15-22(19)26)23(30)7-6-14-29(34(4,32)33)21-12-8-17(2)9-13-21/h8-13,15,18H,5-7,14,16H2,1-4H3,(H,27,31)/t18-/m0/s1. The second-order valence-corrected chi connectivity index (χ2v) is 10.9. The van der Waals surface area contributed by atoms with Gasteiger partial charge in [-0.25, -0.2) is 8.42 Å². The van der Waals surface area contributed by atoms with Crippen LogP contribution in [0.2, 0.25) is 10.0 Å². The van der Waals surface area contributed by atoms with E-state index in [2.05, 4.69) is 5.32 Å². The van der Waals surface area contributed by atoms with Gasteiger partial charge in [-0.1, -0.05) is 47.0 Å². The Morgan fingerprint density at radius 2 is 1.74 bits per heavy atom. The van der Waals surface area contributed by atoms with E-state index in [1.807, 2.05) is 19.1 Å². The number of sulfonamides is 1. The average molecular weight is 529 g/mol. The highest BCUT2D eigenvalue weighted by Gasteiger charge is 2.27. The third-order valence-electron chi connectivity index (χ3n) is 5.35. The molecule has 0 aromatic heterocycles. The first-order chi connectivity index (χ1) is 15.9. The van der Waals surface area contributed by atoms with E-state index < -0.39 is 16.1 Å². The molecular formula is C24H31Cl2N3O4S. The third-order valence-corrected chi connectivity index (χ3v) is 7.13. The monoisotopic (exact) mass is 527 g/mol. The Balaban J connectivity index is 2.18. The topological polar surface area (TPSA) is 86.8 Å². The average Bonchev–Trinajstić information content (AvgIpc) is 2.76. The van der Waals surface area contributed by atoms with Crippen LogP contribution in [0.5, 0.6) is 0 Å². The number of nitrogens with zero attached hydrogens (tertiary/aromatic N) is 2. The van der Waals surface area contributed by atoms with E-state index >= 15 is 0 Å². The van der Waals surface area contributed by atoms with Gasteiger partial charge in [0.15, 0.2) is 0 Å². The molecule has 7 nitrogen and oxygen atoms in total. The van der Waals surface area contributed by atoms with Crippen molar-refractivity contribution >= 4 is 50.7 Å². The van der Waals surface area contributed by atoms with Gasteiger partial charge in [-0.05, 0) is 57.0 Å². The summed E-state index contributed by atoms with van der Waals surface area (Å²) in [5.41, 5.74) is 2.22. The fraction of sp³-hybridized carbons (Fsp3) is 0.417. The summed E-state index contributed by atoms with van der Waals surface area (Å²) in [6.07, 6.45) is 1.49. The van der Waals surface area contributed by atoms with Gasteiger partial charge in [-0.15, -0.1) is 0 Å². The molecule has 0 fully saturated rings. The first-order valence-corrected chi connectivity index (χ1v) is 13.6. The molecule has 34 heavy (non-hydrogen) atoms.